The summed E-state index contributed by atoms with van der Waals surface area (Å²) in [5, 5.41) is 0.00617. The summed E-state index contributed by atoms with van der Waals surface area (Å²) in [5.41, 5.74) is 0. The lowest BCUT2D eigenvalue weighted by Crippen LogP contribution is -1.91. The summed E-state index contributed by atoms with van der Waals surface area (Å²) in [6, 6.07) is 0. The molecule has 1 unspecified atom stereocenters. The molecule has 0 aromatic carbocycles. The molecule has 2 heteroatoms. The molecule has 0 amide bonds. The SMILES string of the molecule is CC=CC(Cl)CCl. The minimum Gasteiger partial charge on any atom is -0.125 e. The van der Waals surface area contributed by atoms with E-state index < -0.39 is 0 Å². The van der Waals surface area contributed by atoms with Gasteiger partial charge in [0, 0.05) is 5.88 Å². The number of alkyl halides is 2. The van der Waals surface area contributed by atoms with Gasteiger partial charge < -0.3 is 0 Å². The Morgan fingerprint density at radius 3 is 2.43 bits per heavy atom. The second-order valence-electron chi connectivity index (χ2n) is 1.20. The molecule has 0 saturated carbocycles. The Morgan fingerprint density at radius 2 is 2.29 bits per heavy atom. The van der Waals surface area contributed by atoms with Gasteiger partial charge in [0.05, 0.1) is 5.38 Å². The maximum Gasteiger partial charge on any atom is 0.0651 e. The molecular formula is C5H8Cl2. The minimum atomic E-state index is 0.00617. The van der Waals surface area contributed by atoms with Crippen LogP contribution in [0.3, 0.4) is 0 Å². The zero-order chi connectivity index (χ0) is 5.70. The van der Waals surface area contributed by atoms with Crippen LogP contribution < -0.4 is 0 Å². The van der Waals surface area contributed by atoms with E-state index >= 15 is 0 Å². The van der Waals surface area contributed by atoms with Crippen molar-refractivity contribution in [3.8, 4) is 0 Å². The predicted molar refractivity (Wildman–Crippen MR) is 35.2 cm³/mol. The van der Waals surface area contributed by atoms with Gasteiger partial charge >= 0.3 is 0 Å². The fourth-order valence-corrected chi connectivity index (χ4v) is 0.509. The molecule has 0 nitrogen and oxygen atoms in total. The summed E-state index contributed by atoms with van der Waals surface area (Å²) in [7, 11) is 0. The Labute approximate surface area is 54.1 Å². The van der Waals surface area contributed by atoms with Crippen molar-refractivity contribution in [3.63, 3.8) is 0 Å². The van der Waals surface area contributed by atoms with Crippen molar-refractivity contribution < 1.29 is 0 Å². The number of halogens is 2. The second kappa shape index (κ2) is 4.48. The first-order valence-corrected chi connectivity index (χ1v) is 3.11. The van der Waals surface area contributed by atoms with Gasteiger partial charge in [-0.1, -0.05) is 12.2 Å². The largest absolute Gasteiger partial charge is 0.125 e. The average Bonchev–Trinajstić information content (AvgIpc) is 1.68. The van der Waals surface area contributed by atoms with E-state index in [1.165, 1.54) is 0 Å². The summed E-state index contributed by atoms with van der Waals surface area (Å²) < 4.78 is 0. The molecule has 0 rings (SSSR count). The van der Waals surface area contributed by atoms with Crippen molar-refractivity contribution in [2.24, 2.45) is 0 Å². The summed E-state index contributed by atoms with van der Waals surface area (Å²) in [4.78, 5) is 0. The van der Waals surface area contributed by atoms with Gasteiger partial charge in [-0.3, -0.25) is 0 Å². The Balaban J connectivity index is 3.16. The molecule has 0 spiro atoms. The van der Waals surface area contributed by atoms with E-state index in [1.54, 1.807) is 0 Å². The van der Waals surface area contributed by atoms with Gasteiger partial charge in [-0.25, -0.2) is 0 Å². The number of allylic oxidation sites excluding steroid dienone is 2. The lowest BCUT2D eigenvalue weighted by Gasteiger charge is -1.91. The zero-order valence-corrected chi connectivity index (χ0v) is 5.71. The van der Waals surface area contributed by atoms with Gasteiger partial charge in [-0.05, 0) is 6.92 Å². The van der Waals surface area contributed by atoms with Crippen molar-refractivity contribution in [1.82, 2.24) is 0 Å². The van der Waals surface area contributed by atoms with Crippen molar-refractivity contribution >= 4 is 23.2 Å². The van der Waals surface area contributed by atoms with E-state index in [1.807, 2.05) is 19.1 Å². The van der Waals surface area contributed by atoms with Crippen LogP contribution in [0.15, 0.2) is 12.2 Å². The average molecular weight is 139 g/mol. The number of hydrogen-bond donors (Lipinski definition) is 0. The van der Waals surface area contributed by atoms with Crippen LogP contribution in [0, 0.1) is 0 Å². The van der Waals surface area contributed by atoms with Crippen molar-refractivity contribution in [3.05, 3.63) is 12.2 Å². The molecule has 0 bridgehead atoms. The molecule has 7 heavy (non-hydrogen) atoms. The third kappa shape index (κ3) is 4.17. The topological polar surface area (TPSA) is 0 Å². The molecule has 1 atom stereocenters. The Morgan fingerprint density at radius 1 is 1.71 bits per heavy atom. The molecule has 0 fully saturated rings. The molecule has 0 radical (unpaired) electrons. The summed E-state index contributed by atoms with van der Waals surface area (Å²) in [5.74, 6) is 0.492. The van der Waals surface area contributed by atoms with E-state index in [9.17, 15) is 0 Å². The smallest absolute Gasteiger partial charge is 0.0651 e. The van der Waals surface area contributed by atoms with Crippen LogP contribution in [0.5, 0.6) is 0 Å². The second-order valence-corrected chi connectivity index (χ2v) is 2.07. The molecule has 0 saturated heterocycles. The van der Waals surface area contributed by atoms with Crippen molar-refractivity contribution in [1.29, 1.82) is 0 Å². The molecule has 0 aliphatic carbocycles. The first-order chi connectivity index (χ1) is 3.31. The summed E-state index contributed by atoms with van der Waals surface area (Å²) in [6.45, 7) is 1.92. The lowest BCUT2D eigenvalue weighted by atomic mass is 10.4. The van der Waals surface area contributed by atoms with Crippen LogP contribution in [-0.4, -0.2) is 11.3 Å². The standard InChI is InChI=1S/C5H8Cl2/c1-2-3-5(7)4-6/h2-3,5H,4H2,1H3. The van der Waals surface area contributed by atoms with Crippen molar-refractivity contribution in [2.45, 2.75) is 12.3 Å². The Hall–Kier alpha value is 0.320. The van der Waals surface area contributed by atoms with Crippen LogP contribution >= 0.6 is 23.2 Å². The van der Waals surface area contributed by atoms with Crippen LogP contribution in [0.2, 0.25) is 0 Å². The van der Waals surface area contributed by atoms with Crippen LogP contribution in [-0.2, 0) is 0 Å². The molecule has 0 N–H and O–H groups in total. The van der Waals surface area contributed by atoms with Crippen LogP contribution in [0.25, 0.3) is 0 Å². The van der Waals surface area contributed by atoms with Gasteiger partial charge in [0.25, 0.3) is 0 Å². The van der Waals surface area contributed by atoms with Gasteiger partial charge in [0.2, 0.25) is 0 Å². The molecule has 0 heterocycles. The summed E-state index contributed by atoms with van der Waals surface area (Å²) >= 11 is 10.9. The number of rotatable bonds is 2. The van der Waals surface area contributed by atoms with E-state index in [0.29, 0.717) is 5.88 Å². The van der Waals surface area contributed by atoms with Gasteiger partial charge in [-0.15, -0.1) is 23.2 Å². The molecule has 0 aliphatic heterocycles. The molecule has 0 aromatic heterocycles. The van der Waals surface area contributed by atoms with Gasteiger partial charge in [-0.2, -0.15) is 0 Å². The third-order valence-electron chi connectivity index (χ3n) is 0.549. The van der Waals surface area contributed by atoms with Gasteiger partial charge in [0.15, 0.2) is 0 Å². The van der Waals surface area contributed by atoms with E-state index in [-0.39, 0.29) is 5.38 Å². The fourth-order valence-electron chi connectivity index (χ4n) is 0.260. The lowest BCUT2D eigenvalue weighted by molar-refractivity contribution is 1.23. The normalized spacial score (nSPS) is 15.3. The monoisotopic (exact) mass is 138 g/mol. The van der Waals surface area contributed by atoms with Gasteiger partial charge in [0.1, 0.15) is 0 Å². The molecule has 0 aromatic rings. The quantitative estimate of drug-likeness (QED) is 0.407. The Kier molecular flexibility index (Phi) is 4.68. The maximum atomic E-state index is 5.55. The van der Waals surface area contributed by atoms with Crippen molar-refractivity contribution in [2.75, 3.05) is 5.88 Å². The molecule has 0 aliphatic rings. The highest BCUT2D eigenvalue weighted by atomic mass is 35.5. The molecular weight excluding hydrogens is 131 g/mol. The maximum absolute atomic E-state index is 5.55. The highest BCUT2D eigenvalue weighted by molar-refractivity contribution is 6.28. The van der Waals surface area contributed by atoms with E-state index in [0.717, 1.165) is 0 Å². The van der Waals surface area contributed by atoms with E-state index in [2.05, 4.69) is 0 Å². The predicted octanol–water partition coefficient (Wildman–Crippen LogP) is 2.41. The number of hydrogen-bond acceptors (Lipinski definition) is 0. The summed E-state index contributed by atoms with van der Waals surface area (Å²) in [6.07, 6.45) is 3.74. The first kappa shape index (κ1) is 7.32. The fraction of sp³-hybridized carbons (Fsp3) is 0.600. The third-order valence-corrected chi connectivity index (χ3v) is 1.34. The minimum absolute atomic E-state index is 0.00617. The Bertz CT molecular complexity index is 59.1. The molecule has 42 valence electrons. The van der Waals surface area contributed by atoms with Crippen LogP contribution in [0.1, 0.15) is 6.92 Å². The highest BCUT2D eigenvalue weighted by Crippen LogP contribution is 1.98. The van der Waals surface area contributed by atoms with Crippen LogP contribution in [0.4, 0.5) is 0 Å². The van der Waals surface area contributed by atoms with E-state index in [4.69, 9.17) is 23.2 Å². The first-order valence-electron chi connectivity index (χ1n) is 2.14. The zero-order valence-electron chi connectivity index (χ0n) is 4.20. The highest BCUT2D eigenvalue weighted by Gasteiger charge is 1.91.